The fourth-order valence-corrected chi connectivity index (χ4v) is 4.42. The molecule has 0 bridgehead atoms. The predicted molar refractivity (Wildman–Crippen MR) is 129 cm³/mol. The van der Waals surface area contributed by atoms with Crippen LogP contribution in [0.15, 0.2) is 54.6 Å². The second kappa shape index (κ2) is 12.1. The standard InChI is InChI=1S/C24H9B3F18O3/c28-19(29,30)10-1-4-16(13(7-10)22(37,38)39)25-46-26(17-5-2-11(20(31,32)33)8-14(17)23(40,41)42)48-27(47-25)18-6-3-12(21(34,35)36)9-15(18)24(43,44)45/h1-9H. The highest BCUT2D eigenvalue weighted by atomic mass is 19.4. The maximum absolute atomic E-state index is 13.9. The molecule has 3 nitrogen and oxygen atoms in total. The summed E-state index contributed by atoms with van der Waals surface area (Å²) in [6.07, 6.45) is -33.4. The molecular formula is C24H9B3F18O3. The Morgan fingerprint density at radius 2 is 0.521 bits per heavy atom. The molecule has 1 saturated heterocycles. The van der Waals surface area contributed by atoms with E-state index >= 15 is 0 Å². The number of hydrogen-bond donors (Lipinski definition) is 0. The van der Waals surface area contributed by atoms with Crippen molar-refractivity contribution in [1.29, 1.82) is 0 Å². The predicted octanol–water partition coefficient (Wildman–Crippen LogP) is 7.35. The van der Waals surface area contributed by atoms with Crippen LogP contribution in [0, 0.1) is 0 Å². The van der Waals surface area contributed by atoms with E-state index in [1.807, 2.05) is 0 Å². The summed E-state index contributed by atoms with van der Waals surface area (Å²) in [5.41, 5.74) is -16.9. The largest absolute Gasteiger partial charge is 0.467 e. The molecule has 0 unspecified atom stereocenters. The van der Waals surface area contributed by atoms with Gasteiger partial charge in [0, 0.05) is 0 Å². The van der Waals surface area contributed by atoms with Gasteiger partial charge in [-0.2, -0.15) is 79.0 Å². The Morgan fingerprint density at radius 1 is 0.312 bits per heavy atom. The Labute approximate surface area is 256 Å². The van der Waals surface area contributed by atoms with Crippen molar-refractivity contribution >= 4 is 37.7 Å². The molecule has 1 aliphatic heterocycles. The van der Waals surface area contributed by atoms with E-state index in [4.69, 9.17) is 13.7 Å². The summed E-state index contributed by atoms with van der Waals surface area (Å²) in [7, 11) is -8.67. The molecule has 4 rings (SSSR count). The maximum atomic E-state index is 13.9. The first-order chi connectivity index (χ1) is 21.6. The lowest BCUT2D eigenvalue weighted by Gasteiger charge is -2.34. The van der Waals surface area contributed by atoms with Crippen molar-refractivity contribution in [3.05, 3.63) is 88.0 Å². The molecule has 3 aromatic rings. The van der Waals surface area contributed by atoms with Gasteiger partial charge in [0.05, 0.1) is 33.4 Å². The Balaban J connectivity index is 1.98. The van der Waals surface area contributed by atoms with Gasteiger partial charge in [-0.15, -0.1) is 0 Å². The summed E-state index contributed by atoms with van der Waals surface area (Å²) in [5, 5.41) is 0. The quantitative estimate of drug-likeness (QED) is 0.210. The summed E-state index contributed by atoms with van der Waals surface area (Å²) in [6, 6.07) is -1.33. The first-order valence-corrected chi connectivity index (χ1v) is 12.4. The molecule has 0 saturated carbocycles. The zero-order valence-corrected chi connectivity index (χ0v) is 22.5. The molecule has 0 N–H and O–H groups in total. The van der Waals surface area contributed by atoms with Crippen LogP contribution in [0.1, 0.15) is 33.4 Å². The minimum atomic E-state index is -5.73. The smallest absolute Gasteiger partial charge is 0.445 e. The van der Waals surface area contributed by atoms with Gasteiger partial charge < -0.3 is 13.7 Å². The highest BCUT2D eigenvalue weighted by Crippen LogP contribution is 2.38. The van der Waals surface area contributed by atoms with Crippen LogP contribution in [0.25, 0.3) is 0 Å². The fourth-order valence-electron chi connectivity index (χ4n) is 4.42. The molecule has 0 aromatic heterocycles. The van der Waals surface area contributed by atoms with E-state index < -0.39 is 126 Å². The van der Waals surface area contributed by atoms with Crippen LogP contribution >= 0.6 is 0 Å². The molecule has 1 heterocycles. The summed E-state index contributed by atoms with van der Waals surface area (Å²) in [5.74, 6) is 0. The van der Waals surface area contributed by atoms with Crippen LogP contribution in [-0.4, -0.2) is 21.4 Å². The Kier molecular flexibility index (Phi) is 9.41. The number of alkyl halides is 18. The first kappa shape index (κ1) is 37.3. The third kappa shape index (κ3) is 8.02. The second-order valence-electron chi connectivity index (χ2n) is 9.80. The summed E-state index contributed by atoms with van der Waals surface area (Å²) in [6.45, 7) is 0. The van der Waals surface area contributed by atoms with Crippen molar-refractivity contribution in [2.45, 2.75) is 37.1 Å². The van der Waals surface area contributed by atoms with Gasteiger partial charge in [0.15, 0.2) is 0 Å². The van der Waals surface area contributed by atoms with Crippen molar-refractivity contribution in [3.63, 3.8) is 0 Å². The maximum Gasteiger partial charge on any atom is 0.467 e. The van der Waals surface area contributed by atoms with E-state index in [2.05, 4.69) is 0 Å². The SMILES string of the molecule is FC(F)(F)c1ccc(B2OB(c3ccc(C(F)(F)F)cc3C(F)(F)F)OB(c3ccc(C(F)(F)F)cc3C(F)(F)F)O2)c(C(F)(F)F)c1. The normalized spacial score (nSPS) is 15.8. The topological polar surface area (TPSA) is 27.7 Å². The van der Waals surface area contributed by atoms with Gasteiger partial charge in [0.1, 0.15) is 0 Å². The molecule has 258 valence electrons. The van der Waals surface area contributed by atoms with Crippen molar-refractivity contribution < 1.29 is 92.7 Å². The van der Waals surface area contributed by atoms with Gasteiger partial charge >= 0.3 is 58.4 Å². The highest BCUT2D eigenvalue weighted by Gasteiger charge is 2.52. The molecule has 0 amide bonds. The molecule has 48 heavy (non-hydrogen) atoms. The third-order valence-corrected chi connectivity index (χ3v) is 6.56. The van der Waals surface area contributed by atoms with Crippen molar-refractivity contribution in [1.82, 2.24) is 0 Å². The summed E-state index contributed by atoms with van der Waals surface area (Å²) in [4.78, 5) is 0. The fraction of sp³-hybridized carbons (Fsp3) is 0.250. The number of rotatable bonds is 3. The minimum absolute atomic E-state index is 0.00923. The molecule has 3 aromatic carbocycles. The summed E-state index contributed by atoms with van der Waals surface area (Å²) >= 11 is 0. The van der Waals surface area contributed by atoms with Gasteiger partial charge in [-0.3, -0.25) is 0 Å². The number of benzene rings is 3. The van der Waals surface area contributed by atoms with Crippen LogP contribution in [0.4, 0.5) is 79.0 Å². The van der Waals surface area contributed by atoms with E-state index in [9.17, 15) is 79.0 Å². The van der Waals surface area contributed by atoms with Crippen molar-refractivity contribution in [2.24, 2.45) is 0 Å². The van der Waals surface area contributed by atoms with Crippen molar-refractivity contribution in [3.8, 4) is 0 Å². The van der Waals surface area contributed by atoms with Gasteiger partial charge in [-0.1, -0.05) is 36.4 Å². The Bertz CT molecular complexity index is 1460. The second-order valence-corrected chi connectivity index (χ2v) is 9.80. The molecule has 0 spiro atoms. The van der Waals surface area contributed by atoms with Crippen LogP contribution in [0.3, 0.4) is 0 Å². The molecule has 0 aliphatic carbocycles. The number of halogens is 18. The zero-order valence-electron chi connectivity index (χ0n) is 22.5. The van der Waals surface area contributed by atoms with Crippen LogP contribution in [0.5, 0.6) is 0 Å². The van der Waals surface area contributed by atoms with E-state index in [0.717, 1.165) is 0 Å². The van der Waals surface area contributed by atoms with E-state index in [1.165, 1.54) is 0 Å². The molecule has 24 heteroatoms. The molecule has 0 atom stereocenters. The Hall–Kier alpha value is -3.53. The Morgan fingerprint density at radius 3 is 0.688 bits per heavy atom. The monoisotopic (exact) mass is 720 g/mol. The lowest BCUT2D eigenvalue weighted by atomic mass is 9.59. The number of hydrogen-bond acceptors (Lipinski definition) is 3. The highest BCUT2D eigenvalue weighted by molar-refractivity contribution is 6.87. The van der Waals surface area contributed by atoms with E-state index in [-0.39, 0.29) is 36.4 Å². The average molecular weight is 720 g/mol. The zero-order chi connectivity index (χ0) is 36.4. The first-order valence-electron chi connectivity index (χ1n) is 12.4. The molecule has 1 fully saturated rings. The van der Waals surface area contributed by atoms with Gasteiger partial charge in [-0.05, 0) is 34.6 Å². The van der Waals surface area contributed by atoms with Crippen LogP contribution < -0.4 is 16.4 Å². The van der Waals surface area contributed by atoms with Crippen LogP contribution in [-0.2, 0) is 50.8 Å². The summed E-state index contributed by atoms with van der Waals surface area (Å²) < 4.78 is 259. The minimum Gasteiger partial charge on any atom is -0.445 e. The van der Waals surface area contributed by atoms with Gasteiger partial charge in [-0.25, -0.2) is 0 Å². The van der Waals surface area contributed by atoms with E-state index in [1.54, 1.807) is 0 Å². The van der Waals surface area contributed by atoms with Crippen LogP contribution in [0.2, 0.25) is 0 Å². The average Bonchev–Trinajstić information content (AvgIpc) is 2.93. The molecular weight excluding hydrogens is 711 g/mol. The lowest BCUT2D eigenvalue weighted by Crippen LogP contribution is -2.63. The van der Waals surface area contributed by atoms with Crippen molar-refractivity contribution in [2.75, 3.05) is 0 Å². The van der Waals surface area contributed by atoms with Gasteiger partial charge in [0.25, 0.3) is 0 Å². The molecule has 0 radical (unpaired) electrons. The van der Waals surface area contributed by atoms with E-state index in [0.29, 0.717) is 0 Å². The molecule has 1 aliphatic rings. The third-order valence-electron chi connectivity index (χ3n) is 6.56. The van der Waals surface area contributed by atoms with Gasteiger partial charge in [0.2, 0.25) is 0 Å². The lowest BCUT2D eigenvalue weighted by molar-refractivity contribution is -0.144.